The molecule has 4 heteroatoms. The zero-order chi connectivity index (χ0) is 11.4. The van der Waals surface area contributed by atoms with Crippen LogP contribution < -0.4 is 11.5 Å². The summed E-state index contributed by atoms with van der Waals surface area (Å²) in [6, 6.07) is 5.48. The highest BCUT2D eigenvalue weighted by Crippen LogP contribution is 2.13. The molecule has 1 heterocycles. The highest BCUT2D eigenvalue weighted by molar-refractivity contribution is 5.73. The number of aromatic nitrogens is 1. The molecule has 0 aliphatic rings. The van der Waals surface area contributed by atoms with Gasteiger partial charge in [0, 0.05) is 16.4 Å². The zero-order valence-electron chi connectivity index (χ0n) is 9.28. The van der Waals surface area contributed by atoms with Gasteiger partial charge >= 0.3 is 5.76 Å². The van der Waals surface area contributed by atoms with Gasteiger partial charge < -0.3 is 10.2 Å². The van der Waals surface area contributed by atoms with Crippen LogP contribution in [0.5, 0.6) is 0 Å². The number of hydrogen-bond acceptors (Lipinski definition) is 3. The van der Waals surface area contributed by atoms with Crippen LogP contribution in [-0.4, -0.2) is 4.57 Å². The highest BCUT2D eigenvalue weighted by Gasteiger charge is 2.04. The molecule has 0 spiro atoms. The Morgan fingerprint density at radius 2 is 2.13 bits per heavy atom. The lowest BCUT2D eigenvalue weighted by atomic mass is 10.2. The van der Waals surface area contributed by atoms with Gasteiger partial charge in [-0.3, -0.25) is 4.57 Å². The average Bonchev–Trinajstić information content (AvgIpc) is 2.57. The van der Waals surface area contributed by atoms with E-state index < -0.39 is 0 Å². The molecule has 0 atom stereocenters. The Morgan fingerprint density at radius 3 is 2.73 bits per heavy atom. The van der Waals surface area contributed by atoms with Gasteiger partial charge in [0.2, 0.25) is 0 Å². The first-order valence-corrected chi connectivity index (χ1v) is 5.01. The van der Waals surface area contributed by atoms with Crippen molar-refractivity contribution in [2.75, 3.05) is 0 Å². The van der Waals surface area contributed by atoms with Crippen LogP contribution in [0.2, 0.25) is 0 Å². The van der Waals surface area contributed by atoms with E-state index in [2.05, 4.69) is 0 Å². The maximum atomic E-state index is 11.1. The monoisotopic (exact) mass is 212 g/mol. The summed E-state index contributed by atoms with van der Waals surface area (Å²) in [5.41, 5.74) is 7.86. The molecule has 1 aromatic heterocycles. The molecule has 1 aromatic carbocycles. The van der Waals surface area contributed by atoms with Crippen molar-refractivity contribution >= 4 is 11.1 Å². The Bertz CT molecular complexity index is 506. The first-order valence-electron chi connectivity index (χ1n) is 5.01. The van der Waals surface area contributed by atoms with Crippen LogP contribution in [0.3, 0.4) is 0 Å². The van der Waals surface area contributed by atoms with Crippen LogP contribution in [0, 0.1) is 0 Å². The van der Waals surface area contributed by atoms with Crippen molar-refractivity contribution in [2.24, 2.45) is 12.8 Å². The Labute approximate surface area is 91.3 Å². The third-order valence-electron chi connectivity index (χ3n) is 2.09. The number of nitrogens with two attached hydrogens (primary N) is 1. The predicted molar refractivity (Wildman–Crippen MR) is 64.9 cm³/mol. The minimum atomic E-state index is -0.343. The van der Waals surface area contributed by atoms with Crippen LogP contribution in [0.1, 0.15) is 22.3 Å². The number of nitrogens with zero attached hydrogens (tertiary/aromatic N) is 1. The predicted octanol–water partition coefficient (Wildman–Crippen LogP) is 2.11. The van der Waals surface area contributed by atoms with Crippen molar-refractivity contribution < 1.29 is 7.27 Å². The van der Waals surface area contributed by atoms with E-state index in [1.165, 1.54) is 4.57 Å². The molecule has 0 aliphatic heterocycles. The summed E-state index contributed by atoms with van der Waals surface area (Å²) in [4.78, 5) is 11.1. The molecule has 0 aliphatic carbocycles. The Morgan fingerprint density at radius 1 is 1.47 bits per heavy atom. The van der Waals surface area contributed by atoms with E-state index >= 15 is 0 Å². The van der Waals surface area contributed by atoms with Gasteiger partial charge in [-0.25, -0.2) is 4.79 Å². The van der Waals surface area contributed by atoms with Crippen LogP contribution >= 0.6 is 0 Å². The summed E-state index contributed by atoms with van der Waals surface area (Å²) in [6.45, 7) is 4.47. The fraction of sp³-hybridized carbons (Fsp3) is 0.364. The number of hydrogen-bond donors (Lipinski definition) is 1. The van der Waals surface area contributed by atoms with Crippen LogP contribution in [0.4, 0.5) is 0 Å². The van der Waals surface area contributed by atoms with Gasteiger partial charge in [0.25, 0.3) is 0 Å². The second kappa shape index (κ2) is 4.79. The Kier molecular flexibility index (Phi) is 3.68. The minimum absolute atomic E-state index is 0. The van der Waals surface area contributed by atoms with Gasteiger partial charge in [-0.2, -0.15) is 0 Å². The van der Waals surface area contributed by atoms with E-state index in [4.69, 9.17) is 10.2 Å². The molecule has 15 heavy (non-hydrogen) atoms. The quantitative estimate of drug-likeness (QED) is 0.787. The highest BCUT2D eigenvalue weighted by atomic mass is 16.4. The van der Waals surface area contributed by atoms with Crippen molar-refractivity contribution in [1.29, 1.82) is 0 Å². The van der Waals surface area contributed by atoms with Crippen molar-refractivity contribution in [3.8, 4) is 0 Å². The van der Waals surface area contributed by atoms with E-state index in [0.717, 1.165) is 11.1 Å². The van der Waals surface area contributed by atoms with Gasteiger partial charge in [-0.05, 0) is 17.7 Å². The molecule has 86 valence electrons. The molecule has 0 radical (unpaired) electrons. The van der Waals surface area contributed by atoms with Gasteiger partial charge in [-0.15, -0.1) is 0 Å². The topological polar surface area (TPSA) is 61.2 Å². The fourth-order valence-corrected chi connectivity index (χ4v) is 1.30. The SMILES string of the molecule is CC.Cn1c(=O)oc2ccc(CN)cc21.[HH].[HH]. The molecule has 4 nitrogen and oxygen atoms in total. The summed E-state index contributed by atoms with van der Waals surface area (Å²) in [5.74, 6) is -0.343. The Hall–Kier alpha value is -1.55. The third-order valence-corrected chi connectivity index (χ3v) is 2.09. The van der Waals surface area contributed by atoms with Crippen molar-refractivity contribution in [1.82, 2.24) is 4.57 Å². The molecule has 0 saturated carbocycles. The lowest BCUT2D eigenvalue weighted by molar-refractivity contribution is 0.528. The number of oxazole rings is 1. The molecule has 0 fully saturated rings. The molecule has 0 saturated heterocycles. The smallest absolute Gasteiger partial charge is 0.408 e. The van der Waals surface area contributed by atoms with Crippen molar-refractivity contribution in [3.05, 3.63) is 34.3 Å². The van der Waals surface area contributed by atoms with E-state index in [0.29, 0.717) is 12.1 Å². The second-order valence-electron chi connectivity index (χ2n) is 2.93. The summed E-state index contributed by atoms with van der Waals surface area (Å²) in [6.07, 6.45) is 0. The second-order valence-corrected chi connectivity index (χ2v) is 2.93. The molecular weight excluding hydrogens is 192 g/mol. The first kappa shape index (κ1) is 11.5. The number of aryl methyl sites for hydroxylation is 1. The zero-order valence-corrected chi connectivity index (χ0v) is 9.28. The normalized spacial score (nSPS) is 9.87. The maximum Gasteiger partial charge on any atom is 0.419 e. The van der Waals surface area contributed by atoms with E-state index in [1.54, 1.807) is 13.1 Å². The summed E-state index contributed by atoms with van der Waals surface area (Å²) in [5, 5.41) is 0. The summed E-state index contributed by atoms with van der Waals surface area (Å²) >= 11 is 0. The van der Waals surface area contributed by atoms with Crippen LogP contribution in [-0.2, 0) is 13.6 Å². The van der Waals surface area contributed by atoms with E-state index in [1.807, 2.05) is 26.0 Å². The number of fused-ring (bicyclic) bond motifs is 1. The van der Waals surface area contributed by atoms with E-state index in [-0.39, 0.29) is 8.61 Å². The van der Waals surface area contributed by atoms with Gasteiger partial charge in [0.1, 0.15) is 0 Å². The van der Waals surface area contributed by atoms with Crippen LogP contribution in [0.15, 0.2) is 27.4 Å². The van der Waals surface area contributed by atoms with Crippen molar-refractivity contribution in [2.45, 2.75) is 20.4 Å². The van der Waals surface area contributed by atoms with Gasteiger partial charge in [0.15, 0.2) is 5.58 Å². The molecule has 2 N–H and O–H groups in total. The third kappa shape index (κ3) is 2.10. The lowest BCUT2D eigenvalue weighted by Gasteiger charge is -1.95. The minimum Gasteiger partial charge on any atom is -0.408 e. The number of benzene rings is 1. The lowest BCUT2D eigenvalue weighted by Crippen LogP contribution is -2.08. The molecular formula is C11H20N2O2. The standard InChI is InChI=1S/C9H10N2O2.C2H6.2H2/c1-11-7-4-6(5-10)2-3-8(7)13-9(11)12;1-2;;/h2-4H,5,10H2,1H3;1-2H3;2*1H. The summed E-state index contributed by atoms with van der Waals surface area (Å²) in [7, 11) is 1.68. The number of rotatable bonds is 1. The van der Waals surface area contributed by atoms with E-state index in [9.17, 15) is 4.79 Å². The van der Waals surface area contributed by atoms with Gasteiger partial charge in [-0.1, -0.05) is 19.9 Å². The average molecular weight is 212 g/mol. The Balaban J connectivity index is 0. The molecule has 0 bridgehead atoms. The fourth-order valence-electron chi connectivity index (χ4n) is 1.30. The first-order chi connectivity index (χ1) is 7.22. The summed E-state index contributed by atoms with van der Waals surface area (Å²) < 4.78 is 6.43. The molecule has 0 amide bonds. The molecule has 2 rings (SSSR count). The van der Waals surface area contributed by atoms with Gasteiger partial charge in [0.05, 0.1) is 5.52 Å². The van der Waals surface area contributed by atoms with Crippen LogP contribution in [0.25, 0.3) is 11.1 Å². The molecule has 2 aromatic rings. The van der Waals surface area contributed by atoms with Crippen molar-refractivity contribution in [3.63, 3.8) is 0 Å². The molecule has 0 unspecified atom stereocenters. The largest absolute Gasteiger partial charge is 0.419 e. The maximum absolute atomic E-state index is 11.1.